The molecular formula is C14H16N4O4S2. The molecule has 1 aliphatic rings. The van der Waals surface area contributed by atoms with Crippen LogP contribution < -0.4 is 10.9 Å². The Morgan fingerprint density at radius 1 is 1.42 bits per heavy atom. The van der Waals surface area contributed by atoms with Gasteiger partial charge in [-0.2, -0.15) is 4.31 Å². The number of thiazole rings is 1. The number of nitrogens with one attached hydrogen (secondary N) is 1. The van der Waals surface area contributed by atoms with Crippen molar-refractivity contribution in [2.45, 2.75) is 13.0 Å². The highest BCUT2D eigenvalue weighted by Crippen LogP contribution is 2.29. The summed E-state index contributed by atoms with van der Waals surface area (Å²) in [5, 5.41) is 2.99. The summed E-state index contributed by atoms with van der Waals surface area (Å²) < 4.78 is 26.0. The molecule has 0 aliphatic carbocycles. The van der Waals surface area contributed by atoms with Gasteiger partial charge in [-0.15, -0.1) is 11.3 Å². The van der Waals surface area contributed by atoms with Crippen molar-refractivity contribution in [3.8, 4) is 0 Å². The van der Waals surface area contributed by atoms with Crippen molar-refractivity contribution in [1.82, 2.24) is 13.9 Å². The lowest BCUT2D eigenvalue weighted by atomic mass is 10.2. The van der Waals surface area contributed by atoms with Crippen LogP contribution in [0.25, 0.3) is 0 Å². The fraction of sp³-hybridized carbons (Fsp3) is 0.357. The van der Waals surface area contributed by atoms with Crippen LogP contribution in [0.3, 0.4) is 0 Å². The third kappa shape index (κ3) is 3.25. The van der Waals surface area contributed by atoms with E-state index < -0.39 is 15.9 Å². The monoisotopic (exact) mass is 368 g/mol. The maximum absolute atomic E-state index is 12.3. The van der Waals surface area contributed by atoms with Gasteiger partial charge >= 0.3 is 0 Å². The highest BCUT2D eigenvalue weighted by Gasteiger charge is 2.26. The number of hydrogen-bond donors (Lipinski definition) is 1. The number of anilines is 1. The summed E-state index contributed by atoms with van der Waals surface area (Å²) >= 11 is 1.23. The van der Waals surface area contributed by atoms with Gasteiger partial charge in [-0.1, -0.05) is 0 Å². The Morgan fingerprint density at radius 2 is 2.17 bits per heavy atom. The second-order valence-electron chi connectivity index (χ2n) is 5.53. The van der Waals surface area contributed by atoms with Crippen molar-refractivity contribution in [1.29, 1.82) is 0 Å². The molecule has 2 aromatic heterocycles. The van der Waals surface area contributed by atoms with Gasteiger partial charge in [0.1, 0.15) is 5.56 Å². The number of hydrogen-bond acceptors (Lipinski definition) is 6. The van der Waals surface area contributed by atoms with Gasteiger partial charge in [-0.3, -0.25) is 14.9 Å². The molecule has 0 spiro atoms. The predicted molar refractivity (Wildman–Crippen MR) is 90.7 cm³/mol. The van der Waals surface area contributed by atoms with Gasteiger partial charge in [0.25, 0.3) is 11.5 Å². The van der Waals surface area contributed by atoms with Gasteiger partial charge in [0.2, 0.25) is 10.0 Å². The van der Waals surface area contributed by atoms with Gasteiger partial charge in [-0.25, -0.2) is 13.4 Å². The standard InChI is InChI=1S/C14H16N4O4S2/c1-17-6-3-4-9(13(17)20)12(19)16-14-15-10-5-7-18(24(2,21)22)8-11(10)23-14/h3-4,6H,5,7-8H2,1-2H3,(H,15,16,19). The van der Waals surface area contributed by atoms with Crippen LogP contribution in [0.5, 0.6) is 0 Å². The van der Waals surface area contributed by atoms with Crippen LogP contribution in [0.1, 0.15) is 20.9 Å². The summed E-state index contributed by atoms with van der Waals surface area (Å²) in [7, 11) is -1.68. The number of sulfonamides is 1. The Balaban J connectivity index is 1.81. The van der Waals surface area contributed by atoms with Crippen molar-refractivity contribution in [2.75, 3.05) is 18.1 Å². The van der Waals surface area contributed by atoms with Gasteiger partial charge in [0.05, 0.1) is 11.9 Å². The molecular weight excluding hydrogens is 352 g/mol. The van der Waals surface area contributed by atoms with Crippen LogP contribution in [0.4, 0.5) is 5.13 Å². The summed E-state index contributed by atoms with van der Waals surface area (Å²) in [6.07, 6.45) is 3.25. The lowest BCUT2D eigenvalue weighted by molar-refractivity contribution is 0.102. The molecule has 128 valence electrons. The summed E-state index contributed by atoms with van der Waals surface area (Å²) in [5.41, 5.74) is 0.432. The highest BCUT2D eigenvalue weighted by atomic mass is 32.2. The molecule has 1 amide bonds. The Labute approximate surface area is 142 Å². The van der Waals surface area contributed by atoms with E-state index in [0.29, 0.717) is 18.1 Å². The second kappa shape index (κ2) is 6.11. The SMILES string of the molecule is Cn1cccc(C(=O)Nc2nc3c(s2)CN(S(C)(=O)=O)CC3)c1=O. The third-order valence-corrected chi connectivity index (χ3v) is 6.00. The fourth-order valence-corrected chi connectivity index (χ4v) is 4.33. The summed E-state index contributed by atoms with van der Waals surface area (Å²) in [6, 6.07) is 3.07. The Kier molecular flexibility index (Phi) is 4.28. The van der Waals surface area contributed by atoms with Crippen molar-refractivity contribution >= 4 is 32.4 Å². The number of nitrogens with zero attached hydrogens (tertiary/aromatic N) is 3. The van der Waals surface area contributed by atoms with Crippen LogP contribution in [-0.4, -0.2) is 41.0 Å². The fourth-order valence-electron chi connectivity index (χ4n) is 2.44. The maximum Gasteiger partial charge on any atom is 0.263 e. The van der Waals surface area contributed by atoms with E-state index in [0.717, 1.165) is 10.6 Å². The van der Waals surface area contributed by atoms with Crippen LogP contribution >= 0.6 is 11.3 Å². The quantitative estimate of drug-likeness (QED) is 0.846. The molecule has 3 heterocycles. The van der Waals surface area contributed by atoms with Crippen molar-refractivity contribution in [2.24, 2.45) is 7.05 Å². The summed E-state index contributed by atoms with van der Waals surface area (Å²) in [5.74, 6) is -0.526. The third-order valence-electron chi connectivity index (χ3n) is 3.75. The lowest BCUT2D eigenvalue weighted by Gasteiger charge is -2.23. The first-order chi connectivity index (χ1) is 11.3. The molecule has 8 nitrogen and oxygen atoms in total. The number of pyridine rings is 1. The molecule has 0 saturated heterocycles. The normalized spacial score (nSPS) is 15.1. The number of rotatable bonds is 3. The van der Waals surface area contributed by atoms with Crippen LogP contribution in [0, 0.1) is 0 Å². The molecule has 0 radical (unpaired) electrons. The van der Waals surface area contributed by atoms with E-state index in [2.05, 4.69) is 10.3 Å². The predicted octanol–water partition coefficient (Wildman–Crippen LogP) is 0.412. The first kappa shape index (κ1) is 16.8. The lowest BCUT2D eigenvalue weighted by Crippen LogP contribution is -2.34. The first-order valence-corrected chi connectivity index (χ1v) is 9.83. The van der Waals surface area contributed by atoms with Crippen molar-refractivity contribution < 1.29 is 13.2 Å². The molecule has 0 fully saturated rings. The van der Waals surface area contributed by atoms with Crippen LogP contribution in [0.2, 0.25) is 0 Å². The number of carbonyl (C=O) groups excluding carboxylic acids is 1. The average molecular weight is 368 g/mol. The van der Waals surface area contributed by atoms with E-state index in [-0.39, 0.29) is 17.7 Å². The first-order valence-electron chi connectivity index (χ1n) is 7.16. The minimum absolute atomic E-state index is 0.0333. The minimum Gasteiger partial charge on any atom is -0.318 e. The molecule has 3 rings (SSSR count). The number of aryl methyl sites for hydroxylation is 1. The molecule has 0 atom stereocenters. The Morgan fingerprint density at radius 3 is 2.88 bits per heavy atom. The highest BCUT2D eigenvalue weighted by molar-refractivity contribution is 7.88. The van der Waals surface area contributed by atoms with E-state index in [1.54, 1.807) is 19.3 Å². The van der Waals surface area contributed by atoms with E-state index in [1.165, 1.54) is 32.5 Å². The minimum atomic E-state index is -3.25. The smallest absolute Gasteiger partial charge is 0.263 e. The van der Waals surface area contributed by atoms with E-state index in [1.807, 2.05) is 0 Å². The molecule has 1 N–H and O–H groups in total. The van der Waals surface area contributed by atoms with Crippen molar-refractivity contribution in [3.05, 3.63) is 44.8 Å². The van der Waals surface area contributed by atoms with E-state index in [9.17, 15) is 18.0 Å². The van der Waals surface area contributed by atoms with Gasteiger partial charge in [0.15, 0.2) is 5.13 Å². The molecule has 0 unspecified atom stereocenters. The number of amides is 1. The maximum atomic E-state index is 12.3. The largest absolute Gasteiger partial charge is 0.318 e. The Bertz CT molecular complexity index is 961. The second-order valence-corrected chi connectivity index (χ2v) is 8.59. The average Bonchev–Trinajstić information content (AvgIpc) is 2.90. The zero-order chi connectivity index (χ0) is 17.5. The molecule has 0 aromatic carbocycles. The molecule has 24 heavy (non-hydrogen) atoms. The van der Waals surface area contributed by atoms with Gasteiger partial charge in [-0.05, 0) is 12.1 Å². The molecule has 2 aromatic rings. The summed E-state index contributed by atoms with van der Waals surface area (Å²) in [4.78, 5) is 29.4. The van der Waals surface area contributed by atoms with Crippen LogP contribution in [0.15, 0.2) is 23.1 Å². The Hall–Kier alpha value is -2.04. The molecule has 0 bridgehead atoms. The van der Waals surface area contributed by atoms with E-state index >= 15 is 0 Å². The van der Waals surface area contributed by atoms with Gasteiger partial charge < -0.3 is 4.57 Å². The molecule has 1 aliphatic heterocycles. The molecule has 10 heteroatoms. The number of carbonyl (C=O) groups is 1. The number of aromatic nitrogens is 2. The topological polar surface area (TPSA) is 101 Å². The van der Waals surface area contributed by atoms with Crippen LogP contribution in [-0.2, 0) is 30.0 Å². The van der Waals surface area contributed by atoms with Crippen molar-refractivity contribution in [3.63, 3.8) is 0 Å². The zero-order valence-corrected chi connectivity index (χ0v) is 14.8. The zero-order valence-electron chi connectivity index (χ0n) is 13.1. The number of fused-ring (bicyclic) bond motifs is 1. The van der Waals surface area contributed by atoms with E-state index in [4.69, 9.17) is 0 Å². The molecule has 0 saturated carbocycles. The summed E-state index contributed by atoms with van der Waals surface area (Å²) in [6.45, 7) is 0.636. The van der Waals surface area contributed by atoms with Gasteiger partial charge in [0, 0.05) is 37.6 Å².